The second-order valence-corrected chi connectivity index (χ2v) is 4.56. The molecule has 1 saturated heterocycles. The fourth-order valence-corrected chi connectivity index (χ4v) is 1.29. The maximum absolute atomic E-state index is 11.4. The normalized spacial score (nSPS) is 19.1. The largest absolute Gasteiger partial charge is 0.443 e. The van der Waals surface area contributed by atoms with Crippen LogP contribution >= 0.6 is 11.6 Å². The number of β-lactam (4-membered cyclic amide) rings is 1. The smallest absolute Gasteiger partial charge is 0.417 e. The van der Waals surface area contributed by atoms with Crippen LogP contribution in [0, 0.1) is 0 Å². The number of carbonyl (C=O) groups excluding carboxylic acids is 2. The summed E-state index contributed by atoms with van der Waals surface area (Å²) in [6.07, 6.45) is 1.00. The van der Waals surface area contributed by atoms with Crippen LogP contribution < -0.4 is 0 Å². The van der Waals surface area contributed by atoms with Gasteiger partial charge < -0.3 is 4.74 Å². The van der Waals surface area contributed by atoms with Crippen LogP contribution in [0.3, 0.4) is 0 Å². The summed E-state index contributed by atoms with van der Waals surface area (Å²) < 4.78 is 5.04. The lowest BCUT2D eigenvalue weighted by Gasteiger charge is -2.33. The molecule has 1 heterocycles. The van der Waals surface area contributed by atoms with Gasteiger partial charge in [0.05, 0.1) is 6.54 Å². The molecule has 0 aromatic heterocycles. The Hall–Kier alpha value is -1.03. The lowest BCUT2D eigenvalue weighted by Crippen LogP contribution is -2.51. The van der Waals surface area contributed by atoms with Crippen LogP contribution in [0.15, 0.2) is 11.6 Å². The lowest BCUT2D eigenvalue weighted by molar-refractivity contribution is -0.131. The van der Waals surface area contributed by atoms with Crippen molar-refractivity contribution in [3.05, 3.63) is 11.6 Å². The molecule has 1 fully saturated rings. The van der Waals surface area contributed by atoms with Crippen molar-refractivity contribution < 1.29 is 14.3 Å². The summed E-state index contributed by atoms with van der Waals surface area (Å²) >= 11 is 5.44. The van der Waals surface area contributed by atoms with Crippen LogP contribution in [0.1, 0.15) is 20.8 Å². The van der Waals surface area contributed by atoms with E-state index in [1.165, 1.54) is 0 Å². The zero-order valence-corrected chi connectivity index (χ0v) is 9.80. The minimum Gasteiger partial charge on any atom is -0.443 e. The number of amides is 2. The van der Waals surface area contributed by atoms with Crippen LogP contribution in [0.4, 0.5) is 4.79 Å². The molecule has 0 spiro atoms. The summed E-state index contributed by atoms with van der Waals surface area (Å²) in [6, 6.07) is 0. The molecule has 0 saturated carbocycles. The standard InChI is InChI=1S/C10H14ClNO3/c1-10(2,3)15-9(14)12-6-7(4-5-11)8(12)13/h4H,5-6H2,1-3H3/b7-4-. The Morgan fingerprint density at radius 3 is 2.60 bits per heavy atom. The van der Waals surface area contributed by atoms with Crippen molar-refractivity contribution in [2.45, 2.75) is 26.4 Å². The highest BCUT2D eigenvalue weighted by Gasteiger charge is 2.37. The van der Waals surface area contributed by atoms with Gasteiger partial charge in [-0.05, 0) is 20.8 Å². The average molecular weight is 232 g/mol. The quantitative estimate of drug-likeness (QED) is 0.394. The number of carbonyl (C=O) groups is 2. The van der Waals surface area contributed by atoms with Gasteiger partial charge in [-0.25, -0.2) is 9.69 Å². The Bertz CT molecular complexity index is 317. The van der Waals surface area contributed by atoms with Gasteiger partial charge in [0.25, 0.3) is 5.91 Å². The summed E-state index contributed by atoms with van der Waals surface area (Å²) in [4.78, 5) is 23.9. The number of likely N-dealkylation sites (tertiary alicyclic amines) is 1. The van der Waals surface area contributed by atoms with Gasteiger partial charge in [0, 0.05) is 11.5 Å². The number of ether oxygens (including phenoxy) is 1. The van der Waals surface area contributed by atoms with Gasteiger partial charge in [-0.1, -0.05) is 6.08 Å². The first kappa shape index (κ1) is 12.0. The molecule has 0 aromatic carbocycles. The lowest BCUT2D eigenvalue weighted by atomic mass is 10.1. The number of halogens is 1. The van der Waals surface area contributed by atoms with Crippen LogP contribution in [0.5, 0.6) is 0 Å². The molecular weight excluding hydrogens is 218 g/mol. The van der Waals surface area contributed by atoms with E-state index in [4.69, 9.17) is 16.3 Å². The summed E-state index contributed by atoms with van der Waals surface area (Å²) in [7, 11) is 0. The molecular formula is C10H14ClNO3. The summed E-state index contributed by atoms with van der Waals surface area (Å²) in [6.45, 7) is 5.56. The molecule has 1 aliphatic heterocycles. The molecule has 84 valence electrons. The van der Waals surface area contributed by atoms with Crippen molar-refractivity contribution in [2.75, 3.05) is 12.4 Å². The Morgan fingerprint density at radius 2 is 2.20 bits per heavy atom. The van der Waals surface area contributed by atoms with Crippen molar-refractivity contribution in [1.29, 1.82) is 0 Å². The molecule has 4 nitrogen and oxygen atoms in total. The number of hydrogen-bond donors (Lipinski definition) is 0. The molecule has 0 unspecified atom stereocenters. The van der Waals surface area contributed by atoms with E-state index in [9.17, 15) is 9.59 Å². The van der Waals surface area contributed by atoms with Crippen molar-refractivity contribution in [2.24, 2.45) is 0 Å². The number of rotatable bonds is 1. The third kappa shape index (κ3) is 2.96. The number of imide groups is 1. The van der Waals surface area contributed by atoms with Gasteiger partial charge in [0.1, 0.15) is 5.60 Å². The Balaban J connectivity index is 2.53. The van der Waals surface area contributed by atoms with Gasteiger partial charge >= 0.3 is 6.09 Å². The van der Waals surface area contributed by atoms with E-state index in [1.807, 2.05) is 0 Å². The zero-order chi connectivity index (χ0) is 11.6. The van der Waals surface area contributed by atoms with E-state index in [2.05, 4.69) is 0 Å². The first-order valence-electron chi connectivity index (χ1n) is 4.65. The van der Waals surface area contributed by atoms with Crippen LogP contribution in [0.25, 0.3) is 0 Å². The Kier molecular flexibility index (Phi) is 3.39. The fraction of sp³-hybridized carbons (Fsp3) is 0.600. The Morgan fingerprint density at radius 1 is 1.60 bits per heavy atom. The highest BCUT2D eigenvalue weighted by Crippen LogP contribution is 2.20. The number of nitrogens with zero attached hydrogens (tertiary/aromatic N) is 1. The third-order valence-electron chi connectivity index (χ3n) is 1.79. The molecule has 2 amide bonds. The minimum atomic E-state index is -0.598. The van der Waals surface area contributed by atoms with Crippen LogP contribution in [0.2, 0.25) is 0 Å². The van der Waals surface area contributed by atoms with E-state index in [1.54, 1.807) is 26.8 Å². The molecule has 0 radical (unpaired) electrons. The molecule has 5 heteroatoms. The van der Waals surface area contributed by atoms with E-state index >= 15 is 0 Å². The highest BCUT2D eigenvalue weighted by atomic mass is 35.5. The minimum absolute atomic E-state index is 0.281. The Labute approximate surface area is 93.8 Å². The molecule has 0 aliphatic carbocycles. The first-order valence-corrected chi connectivity index (χ1v) is 5.18. The van der Waals surface area contributed by atoms with Gasteiger partial charge in [-0.3, -0.25) is 4.79 Å². The van der Waals surface area contributed by atoms with Crippen LogP contribution in [-0.4, -0.2) is 34.9 Å². The summed E-state index contributed by atoms with van der Waals surface area (Å²) in [5.74, 6) is -0.0339. The predicted octanol–water partition coefficient (Wildman–Crippen LogP) is 1.93. The molecule has 0 bridgehead atoms. The molecule has 0 aromatic rings. The van der Waals surface area contributed by atoms with E-state index in [0.29, 0.717) is 12.1 Å². The van der Waals surface area contributed by atoms with Crippen molar-refractivity contribution in [3.8, 4) is 0 Å². The maximum atomic E-state index is 11.4. The monoisotopic (exact) mass is 231 g/mol. The summed E-state index contributed by atoms with van der Waals surface area (Å²) in [5.41, 5.74) is -0.0144. The summed E-state index contributed by atoms with van der Waals surface area (Å²) in [5, 5.41) is 0. The second kappa shape index (κ2) is 4.23. The number of hydrogen-bond acceptors (Lipinski definition) is 3. The molecule has 0 atom stereocenters. The van der Waals surface area contributed by atoms with Gasteiger partial charge in [0.15, 0.2) is 0 Å². The number of allylic oxidation sites excluding steroid dienone is 1. The molecule has 1 rings (SSSR count). The van der Waals surface area contributed by atoms with Gasteiger partial charge in [-0.2, -0.15) is 0 Å². The van der Waals surface area contributed by atoms with Gasteiger partial charge in [-0.15, -0.1) is 11.6 Å². The predicted molar refractivity (Wildman–Crippen MR) is 56.8 cm³/mol. The van der Waals surface area contributed by atoms with Gasteiger partial charge in [0.2, 0.25) is 0 Å². The fourth-order valence-electron chi connectivity index (χ4n) is 1.10. The zero-order valence-electron chi connectivity index (χ0n) is 9.04. The SMILES string of the molecule is CC(C)(C)OC(=O)N1C/C(=C/CCl)C1=O. The van der Waals surface area contributed by atoms with Crippen molar-refractivity contribution >= 4 is 23.6 Å². The third-order valence-corrected chi connectivity index (χ3v) is 1.94. The second-order valence-electron chi connectivity index (χ2n) is 4.26. The van der Waals surface area contributed by atoms with E-state index < -0.39 is 11.7 Å². The number of alkyl halides is 1. The van der Waals surface area contributed by atoms with Crippen LogP contribution in [-0.2, 0) is 9.53 Å². The molecule has 1 aliphatic rings. The maximum Gasteiger partial charge on any atom is 0.417 e. The van der Waals surface area contributed by atoms with E-state index in [-0.39, 0.29) is 11.8 Å². The average Bonchev–Trinajstić information content (AvgIpc) is 2.07. The molecule has 15 heavy (non-hydrogen) atoms. The highest BCUT2D eigenvalue weighted by molar-refractivity contribution is 6.19. The topological polar surface area (TPSA) is 46.6 Å². The molecule has 0 N–H and O–H groups in total. The van der Waals surface area contributed by atoms with Crippen molar-refractivity contribution in [1.82, 2.24) is 4.90 Å². The van der Waals surface area contributed by atoms with E-state index in [0.717, 1.165) is 4.90 Å². The van der Waals surface area contributed by atoms with Crippen molar-refractivity contribution in [3.63, 3.8) is 0 Å². The first-order chi connectivity index (χ1) is 6.85.